The minimum Gasteiger partial charge on any atom is -0.378 e. The molecule has 2 aromatic carbocycles. The van der Waals surface area contributed by atoms with Crippen molar-refractivity contribution >= 4 is 11.4 Å². The molecular formula is C30H26N2. The first-order chi connectivity index (χ1) is 15.9. The Bertz CT molecular complexity index is 1270. The number of nitrogens with zero attached hydrogens (tertiary/aromatic N) is 1. The molecule has 2 aliphatic heterocycles. The van der Waals surface area contributed by atoms with Gasteiger partial charge in [0, 0.05) is 23.2 Å². The van der Waals surface area contributed by atoms with Crippen LogP contribution < -0.4 is 10.2 Å². The van der Waals surface area contributed by atoms with Crippen LogP contribution in [0, 0.1) is 0 Å². The van der Waals surface area contributed by atoms with Gasteiger partial charge in [-0.1, -0.05) is 85.0 Å². The number of fused-ring (bicyclic) bond motifs is 6. The van der Waals surface area contributed by atoms with Gasteiger partial charge in [0.2, 0.25) is 0 Å². The lowest BCUT2D eigenvalue weighted by Gasteiger charge is -2.35. The molecule has 0 fully saturated rings. The van der Waals surface area contributed by atoms with Gasteiger partial charge in [0.15, 0.2) is 0 Å². The molecule has 3 aliphatic carbocycles. The quantitative estimate of drug-likeness (QED) is 0.592. The van der Waals surface area contributed by atoms with E-state index < -0.39 is 0 Å². The van der Waals surface area contributed by atoms with Crippen molar-refractivity contribution in [2.24, 2.45) is 0 Å². The lowest BCUT2D eigenvalue weighted by Crippen LogP contribution is -2.40. The topological polar surface area (TPSA) is 15.3 Å². The normalized spacial score (nSPS) is 30.1. The van der Waals surface area contributed by atoms with E-state index in [1.807, 2.05) is 0 Å². The molecule has 0 spiro atoms. The first kappa shape index (κ1) is 18.1. The summed E-state index contributed by atoms with van der Waals surface area (Å²) in [4.78, 5) is 2.63. The number of nitrogens with one attached hydrogen (secondary N) is 1. The Labute approximate surface area is 189 Å². The van der Waals surface area contributed by atoms with Crippen LogP contribution in [0.5, 0.6) is 0 Å². The smallest absolute Gasteiger partial charge is 0.0586 e. The maximum atomic E-state index is 3.66. The van der Waals surface area contributed by atoms with Crippen molar-refractivity contribution in [1.29, 1.82) is 0 Å². The van der Waals surface area contributed by atoms with Gasteiger partial charge in [-0.15, -0.1) is 0 Å². The minimum atomic E-state index is 0.386. The van der Waals surface area contributed by atoms with Crippen molar-refractivity contribution in [3.63, 3.8) is 0 Å². The Morgan fingerprint density at radius 1 is 0.688 bits per heavy atom. The second-order valence-corrected chi connectivity index (χ2v) is 9.35. The fraction of sp³-hybridized carbons (Fsp3) is 0.200. The third-order valence-electron chi connectivity index (χ3n) is 7.61. The van der Waals surface area contributed by atoms with Crippen LogP contribution in [-0.2, 0) is 0 Å². The van der Waals surface area contributed by atoms with Crippen LogP contribution in [0.1, 0.15) is 29.4 Å². The molecule has 2 aromatic rings. The number of allylic oxidation sites excluding steroid dienone is 6. The Balaban J connectivity index is 1.29. The summed E-state index contributed by atoms with van der Waals surface area (Å²) >= 11 is 0. The molecule has 156 valence electrons. The molecule has 5 atom stereocenters. The first-order valence-corrected chi connectivity index (χ1v) is 11.7. The highest BCUT2D eigenvalue weighted by Crippen LogP contribution is 2.48. The Hall–Kier alpha value is -3.52. The van der Waals surface area contributed by atoms with Crippen molar-refractivity contribution < 1.29 is 0 Å². The van der Waals surface area contributed by atoms with Crippen molar-refractivity contribution in [3.8, 4) is 11.1 Å². The van der Waals surface area contributed by atoms with Gasteiger partial charge in [0.25, 0.3) is 0 Å². The maximum Gasteiger partial charge on any atom is 0.0586 e. The van der Waals surface area contributed by atoms with Crippen LogP contribution in [0.25, 0.3) is 11.1 Å². The van der Waals surface area contributed by atoms with Crippen LogP contribution in [0.3, 0.4) is 0 Å². The maximum absolute atomic E-state index is 3.66. The van der Waals surface area contributed by atoms with Gasteiger partial charge in [0.05, 0.1) is 18.1 Å². The Kier molecular flexibility index (Phi) is 3.96. The summed E-state index contributed by atoms with van der Waals surface area (Å²) in [6.07, 6.45) is 28.1. The SMILES string of the molecule is C1=CCC(N2c3ccc(-c4ccc5c(c4)C4C=CC=CC4N5)cc3C3C=CC=CC32)C=C1. The molecule has 0 bridgehead atoms. The highest BCUT2D eigenvalue weighted by molar-refractivity contribution is 5.77. The van der Waals surface area contributed by atoms with E-state index in [9.17, 15) is 0 Å². The van der Waals surface area contributed by atoms with E-state index >= 15 is 0 Å². The molecule has 7 rings (SSSR count). The molecule has 2 heterocycles. The van der Waals surface area contributed by atoms with E-state index in [1.165, 1.54) is 33.6 Å². The molecule has 5 unspecified atom stereocenters. The lowest BCUT2D eigenvalue weighted by atomic mass is 9.88. The largest absolute Gasteiger partial charge is 0.378 e. The van der Waals surface area contributed by atoms with E-state index in [1.54, 1.807) is 0 Å². The summed E-state index contributed by atoms with van der Waals surface area (Å²) in [5, 5.41) is 3.66. The van der Waals surface area contributed by atoms with Gasteiger partial charge < -0.3 is 10.2 Å². The summed E-state index contributed by atoms with van der Waals surface area (Å²) in [7, 11) is 0. The molecule has 0 saturated carbocycles. The summed E-state index contributed by atoms with van der Waals surface area (Å²) in [5.41, 5.74) is 8.13. The van der Waals surface area contributed by atoms with Crippen LogP contribution in [0.4, 0.5) is 11.4 Å². The van der Waals surface area contributed by atoms with E-state index in [4.69, 9.17) is 0 Å². The zero-order valence-corrected chi connectivity index (χ0v) is 17.9. The molecular weight excluding hydrogens is 388 g/mol. The summed E-state index contributed by atoms with van der Waals surface area (Å²) < 4.78 is 0. The molecule has 32 heavy (non-hydrogen) atoms. The molecule has 2 heteroatoms. The number of anilines is 2. The third kappa shape index (κ3) is 2.65. The number of hydrogen-bond acceptors (Lipinski definition) is 2. The van der Waals surface area contributed by atoms with Crippen molar-refractivity contribution in [2.75, 3.05) is 10.2 Å². The van der Waals surface area contributed by atoms with Crippen LogP contribution >= 0.6 is 0 Å². The van der Waals surface area contributed by atoms with Crippen LogP contribution in [0.15, 0.2) is 109 Å². The summed E-state index contributed by atoms with van der Waals surface area (Å²) in [5.74, 6) is 0.850. The average Bonchev–Trinajstić information content (AvgIpc) is 3.39. The Morgan fingerprint density at radius 3 is 2.31 bits per heavy atom. The molecule has 5 aliphatic rings. The second-order valence-electron chi connectivity index (χ2n) is 9.35. The number of benzene rings is 2. The third-order valence-corrected chi connectivity index (χ3v) is 7.61. The van der Waals surface area contributed by atoms with Gasteiger partial charge in [-0.3, -0.25) is 0 Å². The highest BCUT2D eigenvalue weighted by atomic mass is 15.2. The van der Waals surface area contributed by atoms with Crippen LogP contribution in [-0.4, -0.2) is 18.1 Å². The van der Waals surface area contributed by atoms with Crippen molar-refractivity contribution in [1.82, 2.24) is 0 Å². The van der Waals surface area contributed by atoms with E-state index in [2.05, 4.69) is 120 Å². The summed E-state index contributed by atoms with van der Waals surface area (Å²) in [6, 6.07) is 15.2. The number of hydrogen-bond donors (Lipinski definition) is 1. The zero-order chi connectivity index (χ0) is 21.1. The Morgan fingerprint density at radius 2 is 1.44 bits per heavy atom. The predicted molar refractivity (Wildman–Crippen MR) is 134 cm³/mol. The van der Waals surface area contributed by atoms with E-state index in [0.717, 1.165) is 6.42 Å². The fourth-order valence-electron chi connectivity index (χ4n) is 6.09. The zero-order valence-electron chi connectivity index (χ0n) is 17.9. The van der Waals surface area contributed by atoms with Crippen LogP contribution in [0.2, 0.25) is 0 Å². The molecule has 0 aromatic heterocycles. The van der Waals surface area contributed by atoms with Gasteiger partial charge in [0.1, 0.15) is 0 Å². The monoisotopic (exact) mass is 414 g/mol. The molecule has 0 saturated heterocycles. The standard InChI is InChI=1S/C30H26N2/c1-2-8-22(9-3-1)32-29-13-7-5-11-24(29)26-19-21(15-17-30(26)32)20-14-16-28-25(18-20)23-10-4-6-12-27(23)31-28/h1-8,10-19,22-24,27,29,31H,9H2. The minimum absolute atomic E-state index is 0.386. The van der Waals surface area contributed by atoms with E-state index in [0.29, 0.717) is 30.0 Å². The lowest BCUT2D eigenvalue weighted by molar-refractivity contribution is 0.614. The van der Waals surface area contributed by atoms with Gasteiger partial charge >= 0.3 is 0 Å². The van der Waals surface area contributed by atoms with E-state index in [-0.39, 0.29) is 0 Å². The predicted octanol–water partition coefficient (Wildman–Crippen LogP) is 6.64. The average molecular weight is 415 g/mol. The fourth-order valence-corrected chi connectivity index (χ4v) is 6.09. The van der Waals surface area contributed by atoms with Gasteiger partial charge in [-0.05, 0) is 52.9 Å². The van der Waals surface area contributed by atoms with Gasteiger partial charge in [-0.2, -0.15) is 0 Å². The molecule has 2 nitrogen and oxygen atoms in total. The molecule has 0 amide bonds. The van der Waals surface area contributed by atoms with Gasteiger partial charge in [-0.25, -0.2) is 0 Å². The molecule has 0 radical (unpaired) electrons. The van der Waals surface area contributed by atoms with Crippen molar-refractivity contribution in [2.45, 2.75) is 36.4 Å². The number of rotatable bonds is 2. The summed E-state index contributed by atoms with van der Waals surface area (Å²) in [6.45, 7) is 0. The molecule has 1 N–H and O–H groups in total. The van der Waals surface area contributed by atoms with Crippen molar-refractivity contribution in [3.05, 3.63) is 120 Å². The highest BCUT2D eigenvalue weighted by Gasteiger charge is 2.39. The second kappa shape index (κ2) is 7.00. The first-order valence-electron chi connectivity index (χ1n) is 11.7.